The van der Waals surface area contributed by atoms with Gasteiger partial charge >= 0.3 is 0 Å². The van der Waals surface area contributed by atoms with Gasteiger partial charge in [-0.25, -0.2) is 5.26 Å². The molecule has 0 amide bonds. The van der Waals surface area contributed by atoms with E-state index >= 15 is 0 Å². The first-order chi connectivity index (χ1) is 12.2. The monoisotopic (exact) mass is 362 g/mol. The van der Waals surface area contributed by atoms with E-state index in [1.54, 1.807) is 4.90 Å². The minimum Gasteiger partial charge on any atom is -0.696 e. The molecule has 0 aliphatic heterocycles. The van der Waals surface area contributed by atoms with Gasteiger partial charge in [-0.15, -0.1) is 0 Å². The maximum absolute atomic E-state index is 7.13. The zero-order chi connectivity index (χ0) is 18.8. The van der Waals surface area contributed by atoms with Gasteiger partial charge in [-0.05, 0) is 18.4 Å². The number of nitrogens with zero attached hydrogens (tertiary/aromatic N) is 1. The lowest BCUT2D eigenvalue weighted by molar-refractivity contribution is -0.886. The van der Waals surface area contributed by atoms with E-state index in [2.05, 4.69) is 64.0 Å². The van der Waals surface area contributed by atoms with Gasteiger partial charge in [0, 0.05) is 6.42 Å². The van der Waals surface area contributed by atoms with Crippen LogP contribution in [0, 0.1) is 10.7 Å². The second kappa shape index (κ2) is 17.7. The highest BCUT2D eigenvalue weighted by atomic mass is 32.1. The molecule has 0 saturated carbocycles. The standard InChI is InChI=1S/C21H37N.CHNS/c1-4-5-6-7-8-9-10-11-15-18-21(22(2)3)19-20-16-13-12-14-17-20;2-1-3/h12-14,16-17,21H,4-11,15,18-19H2,1-3H3;3H. The van der Waals surface area contributed by atoms with Gasteiger partial charge in [0.05, 0.1) is 20.1 Å². The predicted molar refractivity (Wildman–Crippen MR) is 112 cm³/mol. The molecule has 1 unspecified atom stereocenters. The molecule has 1 aromatic carbocycles. The molecule has 0 aliphatic carbocycles. The fourth-order valence-corrected chi connectivity index (χ4v) is 3.19. The summed E-state index contributed by atoms with van der Waals surface area (Å²) in [6.45, 7) is 2.29. The molecule has 0 aliphatic rings. The Kier molecular flexibility index (Phi) is 16.9. The number of nitriles is 1. The molecule has 142 valence electrons. The summed E-state index contributed by atoms with van der Waals surface area (Å²) in [6, 6.07) is 11.7. The SMILES string of the molecule is CCCCCCCCCCCC(Cc1ccccc1)[NH+](C)C.N#C[S-]. The number of rotatable bonds is 13. The number of benzene rings is 1. The van der Waals surface area contributed by atoms with Gasteiger partial charge in [0.1, 0.15) is 0 Å². The third-order valence-electron chi connectivity index (χ3n) is 4.80. The molecule has 25 heavy (non-hydrogen) atoms. The Balaban J connectivity index is 0.00000178. The van der Waals surface area contributed by atoms with Crippen molar-refractivity contribution in [2.45, 2.75) is 83.6 Å². The summed E-state index contributed by atoms with van der Waals surface area (Å²) in [7, 11) is 4.61. The molecule has 3 heteroatoms. The molecule has 0 fully saturated rings. The highest BCUT2D eigenvalue weighted by molar-refractivity contribution is 7.64. The Bertz CT molecular complexity index is 425. The molecule has 0 spiro atoms. The van der Waals surface area contributed by atoms with Crippen molar-refractivity contribution in [2.75, 3.05) is 14.1 Å². The summed E-state index contributed by atoms with van der Waals surface area (Å²) in [4.78, 5) is 1.60. The van der Waals surface area contributed by atoms with Crippen molar-refractivity contribution < 1.29 is 4.90 Å². The van der Waals surface area contributed by atoms with E-state index in [9.17, 15) is 0 Å². The Labute approximate surface area is 162 Å². The first-order valence-electron chi connectivity index (χ1n) is 10.0. The lowest BCUT2D eigenvalue weighted by Crippen LogP contribution is -3.10. The molecule has 0 radical (unpaired) electrons. The summed E-state index contributed by atoms with van der Waals surface area (Å²) in [5, 5.41) is 8.47. The van der Waals surface area contributed by atoms with Crippen LogP contribution in [0.2, 0.25) is 0 Å². The van der Waals surface area contributed by atoms with Crippen molar-refractivity contribution in [3.05, 3.63) is 35.9 Å². The molecular weight excluding hydrogens is 324 g/mol. The zero-order valence-electron chi connectivity index (χ0n) is 16.6. The van der Waals surface area contributed by atoms with E-state index in [-0.39, 0.29) is 0 Å². The third kappa shape index (κ3) is 14.9. The number of nitrogens with one attached hydrogen (secondary N) is 1. The van der Waals surface area contributed by atoms with E-state index in [4.69, 9.17) is 5.26 Å². The maximum Gasteiger partial charge on any atom is 0.0911 e. The largest absolute Gasteiger partial charge is 0.696 e. The Morgan fingerprint density at radius 2 is 1.40 bits per heavy atom. The third-order valence-corrected chi connectivity index (χ3v) is 4.80. The van der Waals surface area contributed by atoms with Crippen molar-refractivity contribution in [1.82, 2.24) is 0 Å². The van der Waals surface area contributed by atoms with Gasteiger partial charge < -0.3 is 17.5 Å². The molecule has 0 heterocycles. The maximum atomic E-state index is 7.13. The second-order valence-electron chi connectivity index (χ2n) is 7.17. The Morgan fingerprint density at radius 1 is 0.920 bits per heavy atom. The summed E-state index contributed by atoms with van der Waals surface area (Å²) in [6.07, 6.45) is 15.4. The Morgan fingerprint density at radius 3 is 1.88 bits per heavy atom. The Hall–Kier alpha value is -1.11. The summed E-state index contributed by atoms with van der Waals surface area (Å²) in [5.74, 6) is 0. The normalized spacial score (nSPS) is 11.5. The molecule has 1 rings (SSSR count). The minimum atomic E-state index is 0.770. The van der Waals surface area contributed by atoms with Crippen molar-refractivity contribution in [3.8, 4) is 5.40 Å². The number of quaternary nitrogens is 1. The molecule has 0 bridgehead atoms. The van der Waals surface area contributed by atoms with Crippen LogP contribution >= 0.6 is 0 Å². The molecule has 1 atom stereocenters. The smallest absolute Gasteiger partial charge is 0.0911 e. The highest BCUT2D eigenvalue weighted by Crippen LogP contribution is 2.12. The molecular formula is C22H38N2S. The zero-order valence-corrected chi connectivity index (χ0v) is 17.4. The van der Waals surface area contributed by atoms with Gasteiger partial charge in [0.2, 0.25) is 0 Å². The van der Waals surface area contributed by atoms with Crippen LogP contribution in [0.5, 0.6) is 0 Å². The van der Waals surface area contributed by atoms with Crippen LogP contribution in [0.15, 0.2) is 30.3 Å². The average molecular weight is 363 g/mol. The lowest BCUT2D eigenvalue weighted by atomic mass is 9.98. The number of thiocyanates is 1. The summed E-state index contributed by atoms with van der Waals surface area (Å²) < 4.78 is 0. The van der Waals surface area contributed by atoms with Crippen molar-refractivity contribution in [1.29, 1.82) is 5.26 Å². The van der Waals surface area contributed by atoms with Crippen LogP contribution in [0.25, 0.3) is 0 Å². The van der Waals surface area contributed by atoms with Crippen LogP contribution in [0.4, 0.5) is 0 Å². The minimum absolute atomic E-state index is 0.770. The van der Waals surface area contributed by atoms with Crippen LogP contribution in [-0.4, -0.2) is 20.1 Å². The van der Waals surface area contributed by atoms with Crippen LogP contribution < -0.4 is 4.90 Å². The number of hydrogen-bond donors (Lipinski definition) is 1. The second-order valence-corrected chi connectivity index (χ2v) is 7.35. The van der Waals surface area contributed by atoms with Gasteiger partial charge in [0.25, 0.3) is 0 Å². The number of hydrogen-bond acceptors (Lipinski definition) is 2. The number of unbranched alkanes of at least 4 members (excludes halogenated alkanes) is 8. The van der Waals surface area contributed by atoms with Gasteiger partial charge in [-0.1, -0.05) is 94.0 Å². The van der Waals surface area contributed by atoms with Gasteiger partial charge in [-0.2, -0.15) is 0 Å². The van der Waals surface area contributed by atoms with Crippen LogP contribution in [0.1, 0.15) is 76.7 Å². The quantitative estimate of drug-likeness (QED) is 0.313. The first-order valence-corrected chi connectivity index (χ1v) is 10.4. The van der Waals surface area contributed by atoms with Crippen molar-refractivity contribution in [3.63, 3.8) is 0 Å². The van der Waals surface area contributed by atoms with Crippen LogP contribution in [-0.2, 0) is 19.0 Å². The molecule has 2 nitrogen and oxygen atoms in total. The predicted octanol–water partition coefficient (Wildman–Crippen LogP) is 4.68. The lowest BCUT2D eigenvalue weighted by Gasteiger charge is -2.21. The van der Waals surface area contributed by atoms with Gasteiger partial charge in [-0.3, -0.25) is 0 Å². The van der Waals surface area contributed by atoms with Gasteiger partial charge in [0.15, 0.2) is 0 Å². The van der Waals surface area contributed by atoms with E-state index < -0.39 is 0 Å². The summed E-state index contributed by atoms with van der Waals surface area (Å²) in [5.41, 5.74) is 1.49. The van der Waals surface area contributed by atoms with E-state index in [0.717, 1.165) is 6.04 Å². The summed E-state index contributed by atoms with van der Waals surface area (Å²) >= 11 is 3.70. The van der Waals surface area contributed by atoms with Crippen molar-refractivity contribution >= 4 is 12.6 Å². The first kappa shape index (κ1) is 23.9. The van der Waals surface area contributed by atoms with E-state index in [1.807, 2.05) is 0 Å². The fraction of sp³-hybridized carbons (Fsp3) is 0.682. The fourth-order valence-electron chi connectivity index (χ4n) is 3.19. The van der Waals surface area contributed by atoms with E-state index in [1.165, 1.54) is 81.6 Å². The van der Waals surface area contributed by atoms with E-state index in [0.29, 0.717) is 0 Å². The topological polar surface area (TPSA) is 28.2 Å². The average Bonchev–Trinajstić information content (AvgIpc) is 2.60. The van der Waals surface area contributed by atoms with Crippen molar-refractivity contribution in [2.24, 2.45) is 0 Å². The molecule has 0 saturated heterocycles. The highest BCUT2D eigenvalue weighted by Gasteiger charge is 2.15. The molecule has 1 N–H and O–H groups in total. The molecule has 1 aromatic rings. The number of likely N-dealkylation sites (N-methyl/N-ethyl adjacent to an activating group) is 1. The van der Waals surface area contributed by atoms with Crippen LogP contribution in [0.3, 0.4) is 0 Å². The molecule has 0 aromatic heterocycles.